The molecule has 4 nitrogen and oxygen atoms in total. The smallest absolute Gasteiger partial charge is 0.197 e. The molecule has 0 fully saturated rings. The summed E-state index contributed by atoms with van der Waals surface area (Å²) in [5.74, 6) is 0. The molecule has 1 aromatic rings. The first-order chi connectivity index (χ1) is 4.74. The normalized spacial score (nSPS) is 8.80. The molecule has 0 saturated carbocycles. The maximum Gasteiger partial charge on any atom is 0.197 e. The molecular weight excluding hydrogens is 196 g/mol. The summed E-state index contributed by atoms with van der Waals surface area (Å²) in [6, 6.07) is 1.83. The number of nitrogens with zero attached hydrogens (tertiary/aromatic N) is 3. The second kappa shape index (κ2) is 2.62. The standard InChI is InChI=1S/C5H3BrN4/c6-5-9-2-3(8)4(1-7)10-5/h2H,8H2. The van der Waals surface area contributed by atoms with Crippen LogP contribution in [0.3, 0.4) is 0 Å². The lowest BCUT2D eigenvalue weighted by atomic mass is 10.4. The largest absolute Gasteiger partial charge is 0.395 e. The van der Waals surface area contributed by atoms with Crippen molar-refractivity contribution in [2.75, 3.05) is 5.73 Å². The van der Waals surface area contributed by atoms with Crippen LogP contribution in [-0.2, 0) is 0 Å². The monoisotopic (exact) mass is 198 g/mol. The third-order valence-corrected chi connectivity index (χ3v) is 1.28. The Balaban J connectivity index is 3.25. The average molecular weight is 199 g/mol. The van der Waals surface area contributed by atoms with E-state index in [1.165, 1.54) is 6.20 Å². The van der Waals surface area contributed by atoms with Crippen LogP contribution in [0, 0.1) is 11.3 Å². The van der Waals surface area contributed by atoms with E-state index in [0.717, 1.165) is 0 Å². The van der Waals surface area contributed by atoms with Crippen LogP contribution < -0.4 is 5.73 Å². The Morgan fingerprint density at radius 1 is 1.70 bits per heavy atom. The molecule has 5 heteroatoms. The van der Waals surface area contributed by atoms with E-state index in [1.54, 1.807) is 0 Å². The highest BCUT2D eigenvalue weighted by Crippen LogP contribution is 2.08. The van der Waals surface area contributed by atoms with Gasteiger partial charge in [-0.1, -0.05) is 0 Å². The molecule has 2 N–H and O–H groups in total. The second-order valence-corrected chi connectivity index (χ2v) is 2.26. The molecule has 0 radical (unpaired) electrons. The lowest BCUT2D eigenvalue weighted by Gasteiger charge is -1.93. The van der Waals surface area contributed by atoms with Crippen LogP contribution in [0.2, 0.25) is 0 Å². The van der Waals surface area contributed by atoms with Crippen molar-refractivity contribution in [1.29, 1.82) is 5.26 Å². The van der Waals surface area contributed by atoms with Gasteiger partial charge in [0.25, 0.3) is 0 Å². The Labute approximate surface area is 65.8 Å². The minimum Gasteiger partial charge on any atom is -0.395 e. The third kappa shape index (κ3) is 1.22. The van der Waals surface area contributed by atoms with Gasteiger partial charge in [-0.05, 0) is 15.9 Å². The zero-order chi connectivity index (χ0) is 7.56. The zero-order valence-corrected chi connectivity index (χ0v) is 6.46. The van der Waals surface area contributed by atoms with Gasteiger partial charge in [0.15, 0.2) is 10.4 Å². The number of hydrogen-bond donors (Lipinski definition) is 1. The maximum atomic E-state index is 8.40. The van der Waals surface area contributed by atoms with Gasteiger partial charge in [-0.15, -0.1) is 0 Å². The number of hydrogen-bond acceptors (Lipinski definition) is 4. The van der Waals surface area contributed by atoms with Crippen LogP contribution in [0.4, 0.5) is 5.69 Å². The molecule has 1 rings (SSSR count). The number of nitrogens with two attached hydrogens (primary N) is 1. The van der Waals surface area contributed by atoms with Crippen LogP contribution in [0.15, 0.2) is 10.9 Å². The predicted molar refractivity (Wildman–Crippen MR) is 38.9 cm³/mol. The van der Waals surface area contributed by atoms with Crippen molar-refractivity contribution in [2.24, 2.45) is 0 Å². The molecule has 1 aromatic heterocycles. The van der Waals surface area contributed by atoms with Crippen molar-refractivity contribution in [2.45, 2.75) is 0 Å². The van der Waals surface area contributed by atoms with Crippen molar-refractivity contribution in [3.63, 3.8) is 0 Å². The lowest BCUT2D eigenvalue weighted by molar-refractivity contribution is 1.09. The topological polar surface area (TPSA) is 75.6 Å². The van der Waals surface area contributed by atoms with Crippen LogP contribution in [0.5, 0.6) is 0 Å². The van der Waals surface area contributed by atoms with Gasteiger partial charge in [-0.25, -0.2) is 9.97 Å². The number of halogens is 1. The number of nitrogen functional groups attached to an aromatic ring is 1. The van der Waals surface area contributed by atoms with E-state index in [4.69, 9.17) is 11.0 Å². The molecular formula is C5H3BrN4. The molecule has 0 spiro atoms. The molecule has 0 amide bonds. The van der Waals surface area contributed by atoms with Crippen LogP contribution in [0.1, 0.15) is 5.69 Å². The average Bonchev–Trinajstić information content (AvgIpc) is 1.94. The fraction of sp³-hybridized carbons (Fsp3) is 0. The first-order valence-electron chi connectivity index (χ1n) is 2.42. The lowest BCUT2D eigenvalue weighted by Crippen LogP contribution is -1.95. The van der Waals surface area contributed by atoms with Gasteiger partial charge in [0.1, 0.15) is 6.07 Å². The summed E-state index contributed by atoms with van der Waals surface area (Å²) in [5, 5.41) is 8.40. The van der Waals surface area contributed by atoms with E-state index in [-0.39, 0.29) is 5.69 Å². The molecule has 1 heterocycles. The molecule has 50 valence electrons. The van der Waals surface area contributed by atoms with Gasteiger partial charge in [0, 0.05) is 0 Å². The van der Waals surface area contributed by atoms with Crippen LogP contribution in [0.25, 0.3) is 0 Å². The minimum atomic E-state index is 0.196. The Kier molecular flexibility index (Phi) is 1.83. The van der Waals surface area contributed by atoms with Crippen molar-refractivity contribution in [3.05, 3.63) is 16.6 Å². The van der Waals surface area contributed by atoms with Crippen LogP contribution >= 0.6 is 15.9 Å². The van der Waals surface area contributed by atoms with Gasteiger partial charge >= 0.3 is 0 Å². The molecule has 0 saturated heterocycles. The van der Waals surface area contributed by atoms with E-state index in [9.17, 15) is 0 Å². The highest BCUT2D eigenvalue weighted by molar-refractivity contribution is 9.10. The fourth-order valence-electron chi connectivity index (χ4n) is 0.459. The summed E-state index contributed by atoms with van der Waals surface area (Å²) in [6.45, 7) is 0. The highest BCUT2D eigenvalue weighted by Gasteiger charge is 1.99. The van der Waals surface area contributed by atoms with Crippen molar-refractivity contribution < 1.29 is 0 Å². The summed E-state index contributed by atoms with van der Waals surface area (Å²) in [5.41, 5.74) is 5.82. The van der Waals surface area contributed by atoms with E-state index >= 15 is 0 Å². The fourth-order valence-corrected chi connectivity index (χ4v) is 0.739. The number of anilines is 1. The second-order valence-electron chi connectivity index (χ2n) is 1.55. The molecule has 0 bridgehead atoms. The van der Waals surface area contributed by atoms with Crippen molar-refractivity contribution >= 4 is 21.6 Å². The summed E-state index contributed by atoms with van der Waals surface area (Å²) in [7, 11) is 0. The number of aromatic nitrogens is 2. The summed E-state index contributed by atoms with van der Waals surface area (Å²) >= 11 is 3.01. The molecule has 0 aromatic carbocycles. The Morgan fingerprint density at radius 2 is 2.40 bits per heavy atom. The zero-order valence-electron chi connectivity index (χ0n) is 4.87. The Morgan fingerprint density at radius 3 is 2.90 bits per heavy atom. The van der Waals surface area contributed by atoms with E-state index in [2.05, 4.69) is 25.9 Å². The first-order valence-corrected chi connectivity index (χ1v) is 3.21. The summed E-state index contributed by atoms with van der Waals surface area (Å²) < 4.78 is 0.373. The van der Waals surface area contributed by atoms with E-state index < -0.39 is 0 Å². The van der Waals surface area contributed by atoms with Gasteiger partial charge in [-0.2, -0.15) is 5.26 Å². The van der Waals surface area contributed by atoms with E-state index in [1.807, 2.05) is 6.07 Å². The predicted octanol–water partition coefficient (Wildman–Crippen LogP) is 0.693. The molecule has 0 unspecified atom stereocenters. The molecule has 10 heavy (non-hydrogen) atoms. The highest BCUT2D eigenvalue weighted by atomic mass is 79.9. The van der Waals surface area contributed by atoms with Gasteiger partial charge in [-0.3, -0.25) is 0 Å². The number of rotatable bonds is 0. The molecule has 0 atom stereocenters. The first kappa shape index (κ1) is 6.96. The van der Waals surface area contributed by atoms with Gasteiger partial charge in [0.05, 0.1) is 11.9 Å². The third-order valence-electron chi connectivity index (χ3n) is 0.894. The Bertz CT molecular complexity index is 290. The summed E-state index contributed by atoms with van der Waals surface area (Å²) in [4.78, 5) is 7.43. The van der Waals surface area contributed by atoms with Gasteiger partial charge in [0.2, 0.25) is 0 Å². The van der Waals surface area contributed by atoms with Crippen LogP contribution in [-0.4, -0.2) is 9.97 Å². The summed E-state index contributed by atoms with van der Waals surface area (Å²) in [6.07, 6.45) is 1.38. The molecule has 0 aliphatic carbocycles. The quantitative estimate of drug-likeness (QED) is 0.623. The van der Waals surface area contributed by atoms with Gasteiger partial charge < -0.3 is 5.73 Å². The van der Waals surface area contributed by atoms with Crippen molar-refractivity contribution in [3.8, 4) is 6.07 Å². The SMILES string of the molecule is N#Cc1nc(Br)ncc1N. The van der Waals surface area contributed by atoms with Crippen molar-refractivity contribution in [1.82, 2.24) is 9.97 Å². The number of nitriles is 1. The Hall–Kier alpha value is -1.15. The maximum absolute atomic E-state index is 8.40. The van der Waals surface area contributed by atoms with E-state index in [0.29, 0.717) is 10.4 Å². The molecule has 0 aliphatic rings. The molecule has 0 aliphatic heterocycles. The minimum absolute atomic E-state index is 0.196.